The lowest BCUT2D eigenvalue weighted by atomic mass is 9.92. The van der Waals surface area contributed by atoms with Crippen LogP contribution in [0.4, 0.5) is 24.5 Å². The fraction of sp³-hybridized carbons (Fsp3) is 0.273. The molecule has 31 heavy (non-hydrogen) atoms. The zero-order valence-corrected chi connectivity index (χ0v) is 17.3. The summed E-state index contributed by atoms with van der Waals surface area (Å²) in [7, 11) is 0. The third-order valence-electron chi connectivity index (χ3n) is 4.84. The molecule has 0 bridgehead atoms. The van der Waals surface area contributed by atoms with E-state index in [2.05, 4.69) is 15.3 Å². The normalized spacial score (nSPS) is 14.4. The molecule has 3 N–H and O–H groups in total. The van der Waals surface area contributed by atoms with Crippen molar-refractivity contribution in [3.05, 3.63) is 77.1 Å². The molecular formula is C22H23F3N4O2. The van der Waals surface area contributed by atoms with Crippen LogP contribution in [0.15, 0.2) is 42.7 Å². The zero-order chi connectivity index (χ0) is 22.8. The fourth-order valence-electron chi connectivity index (χ4n) is 3.28. The number of amides is 1. The maximum atomic E-state index is 14.5. The van der Waals surface area contributed by atoms with Gasteiger partial charge in [0.05, 0.1) is 30.0 Å². The van der Waals surface area contributed by atoms with Crippen LogP contribution in [0.25, 0.3) is 0 Å². The van der Waals surface area contributed by atoms with Crippen LogP contribution in [-0.2, 0) is 5.60 Å². The van der Waals surface area contributed by atoms with Crippen LogP contribution < -0.4 is 5.32 Å². The standard InChI is InChI=1S/C20H17F3N4O2.C2H6/c1-11-2-5-15(14(22)8-11)26-17-12(3-4-13(21)16(17)23)18(28)27-9-20(29,10-27)19-24-6-7-25-19;1-2/h2-8,26,29H,9-10H2,1H3,(H,24,25);1-2H3. The first-order valence-corrected chi connectivity index (χ1v) is 9.81. The number of nitrogens with one attached hydrogen (secondary N) is 2. The van der Waals surface area contributed by atoms with Crippen molar-refractivity contribution < 1.29 is 23.1 Å². The second kappa shape index (κ2) is 8.81. The van der Waals surface area contributed by atoms with E-state index in [0.717, 1.165) is 12.1 Å². The van der Waals surface area contributed by atoms with E-state index in [1.54, 1.807) is 19.2 Å². The smallest absolute Gasteiger partial charge is 0.256 e. The lowest BCUT2D eigenvalue weighted by molar-refractivity contribution is -0.0917. The second-order valence-corrected chi connectivity index (χ2v) is 7.02. The Hall–Kier alpha value is -3.33. The number of benzene rings is 2. The summed E-state index contributed by atoms with van der Waals surface area (Å²) < 4.78 is 42.5. The van der Waals surface area contributed by atoms with E-state index in [1.165, 1.54) is 23.2 Å². The molecule has 0 aliphatic carbocycles. The molecule has 1 fully saturated rings. The Morgan fingerprint density at radius 1 is 1.16 bits per heavy atom. The van der Waals surface area contributed by atoms with Gasteiger partial charge >= 0.3 is 0 Å². The molecule has 0 saturated carbocycles. The monoisotopic (exact) mass is 432 g/mol. The molecule has 1 saturated heterocycles. The highest BCUT2D eigenvalue weighted by molar-refractivity contribution is 6.01. The first-order valence-electron chi connectivity index (χ1n) is 9.81. The number of likely N-dealkylation sites (tertiary alicyclic amines) is 1. The summed E-state index contributed by atoms with van der Waals surface area (Å²) in [5.41, 5.74) is -1.42. The average Bonchev–Trinajstić information content (AvgIpc) is 3.27. The van der Waals surface area contributed by atoms with Gasteiger partial charge in [0.15, 0.2) is 17.2 Å². The van der Waals surface area contributed by atoms with E-state index in [1.807, 2.05) is 13.8 Å². The van der Waals surface area contributed by atoms with E-state index < -0.39 is 34.6 Å². The molecule has 2 heterocycles. The molecule has 1 amide bonds. The molecule has 0 spiro atoms. The Morgan fingerprint density at radius 3 is 2.48 bits per heavy atom. The van der Waals surface area contributed by atoms with Gasteiger partial charge in [-0.15, -0.1) is 0 Å². The minimum Gasteiger partial charge on any atom is -0.378 e. The van der Waals surface area contributed by atoms with Crippen LogP contribution in [0.2, 0.25) is 0 Å². The van der Waals surface area contributed by atoms with Gasteiger partial charge in [0.1, 0.15) is 11.6 Å². The number of halogens is 3. The molecule has 1 aromatic heterocycles. The third-order valence-corrected chi connectivity index (χ3v) is 4.84. The number of nitrogens with zero attached hydrogens (tertiary/aromatic N) is 2. The van der Waals surface area contributed by atoms with Crippen molar-refractivity contribution in [2.45, 2.75) is 26.4 Å². The molecule has 0 atom stereocenters. The van der Waals surface area contributed by atoms with Crippen molar-refractivity contribution >= 4 is 17.3 Å². The largest absolute Gasteiger partial charge is 0.378 e. The molecule has 1 aliphatic rings. The maximum Gasteiger partial charge on any atom is 0.256 e. The van der Waals surface area contributed by atoms with E-state index in [4.69, 9.17) is 0 Å². The molecule has 0 unspecified atom stereocenters. The first-order chi connectivity index (χ1) is 14.8. The number of aromatic nitrogens is 2. The quantitative estimate of drug-likeness (QED) is 0.576. The Bertz CT molecular complexity index is 1080. The molecule has 3 aromatic rings. The van der Waals surface area contributed by atoms with Gasteiger partial charge in [-0.3, -0.25) is 4.79 Å². The summed E-state index contributed by atoms with van der Waals surface area (Å²) in [5, 5.41) is 13.0. The van der Waals surface area contributed by atoms with Gasteiger partial charge in [-0.2, -0.15) is 0 Å². The predicted molar refractivity (Wildman–Crippen MR) is 111 cm³/mol. The van der Waals surface area contributed by atoms with Gasteiger partial charge < -0.3 is 20.3 Å². The summed E-state index contributed by atoms with van der Waals surface area (Å²) in [6, 6.07) is 6.17. The van der Waals surface area contributed by atoms with Crippen LogP contribution in [0.3, 0.4) is 0 Å². The topological polar surface area (TPSA) is 81.2 Å². The van der Waals surface area contributed by atoms with Gasteiger partial charge in [0.2, 0.25) is 0 Å². The molecule has 6 nitrogen and oxygen atoms in total. The number of hydrogen-bond acceptors (Lipinski definition) is 4. The van der Waals surface area contributed by atoms with Crippen molar-refractivity contribution in [1.82, 2.24) is 14.9 Å². The number of imidazole rings is 1. The Balaban J connectivity index is 0.00000132. The lowest BCUT2D eigenvalue weighted by Gasteiger charge is -2.45. The number of aliphatic hydroxyl groups is 1. The predicted octanol–water partition coefficient (Wildman–Crippen LogP) is 4.25. The summed E-state index contributed by atoms with van der Waals surface area (Å²) >= 11 is 0. The average molecular weight is 432 g/mol. The van der Waals surface area contributed by atoms with Gasteiger partial charge in [-0.05, 0) is 36.8 Å². The van der Waals surface area contributed by atoms with Crippen molar-refractivity contribution in [3.8, 4) is 0 Å². The van der Waals surface area contributed by atoms with Gasteiger partial charge in [-0.25, -0.2) is 18.2 Å². The van der Waals surface area contributed by atoms with Crippen molar-refractivity contribution in [2.75, 3.05) is 18.4 Å². The van der Waals surface area contributed by atoms with E-state index in [0.29, 0.717) is 11.4 Å². The number of aromatic amines is 1. The second-order valence-electron chi connectivity index (χ2n) is 7.02. The Kier molecular flexibility index (Phi) is 6.35. The van der Waals surface area contributed by atoms with E-state index in [9.17, 15) is 23.1 Å². The molecule has 1 aliphatic heterocycles. The van der Waals surface area contributed by atoms with Crippen LogP contribution in [0.1, 0.15) is 35.6 Å². The van der Waals surface area contributed by atoms with Crippen LogP contribution in [0, 0.1) is 24.4 Å². The SMILES string of the molecule is CC.Cc1ccc(Nc2c(C(=O)N3CC(O)(c4ncc[nH]4)C3)ccc(F)c2F)c(F)c1. The van der Waals surface area contributed by atoms with Gasteiger partial charge in [0.25, 0.3) is 5.91 Å². The summed E-state index contributed by atoms with van der Waals surface area (Å²) in [4.78, 5) is 20.9. The number of hydrogen-bond donors (Lipinski definition) is 3. The van der Waals surface area contributed by atoms with Crippen LogP contribution >= 0.6 is 0 Å². The molecule has 164 valence electrons. The number of aryl methyl sites for hydroxylation is 1. The van der Waals surface area contributed by atoms with Crippen LogP contribution in [-0.4, -0.2) is 39.0 Å². The minimum absolute atomic E-state index is 0.0727. The molecular weight excluding hydrogens is 409 g/mol. The van der Waals surface area contributed by atoms with Gasteiger partial charge in [-0.1, -0.05) is 19.9 Å². The number of rotatable bonds is 4. The molecule has 2 aromatic carbocycles. The molecule has 4 rings (SSSR count). The highest BCUT2D eigenvalue weighted by atomic mass is 19.2. The Labute approximate surface area is 177 Å². The highest BCUT2D eigenvalue weighted by Gasteiger charge is 2.47. The van der Waals surface area contributed by atoms with Gasteiger partial charge in [0, 0.05) is 12.4 Å². The summed E-state index contributed by atoms with van der Waals surface area (Å²) in [6.07, 6.45) is 3.02. The number of carbonyl (C=O) groups is 1. The first kappa shape index (κ1) is 22.4. The lowest BCUT2D eigenvalue weighted by Crippen LogP contribution is -2.61. The number of H-pyrrole nitrogens is 1. The Morgan fingerprint density at radius 2 is 1.87 bits per heavy atom. The zero-order valence-electron chi connectivity index (χ0n) is 17.3. The highest BCUT2D eigenvalue weighted by Crippen LogP contribution is 2.34. The third kappa shape index (κ3) is 4.27. The molecule has 0 radical (unpaired) electrons. The fourth-order valence-corrected chi connectivity index (χ4v) is 3.28. The van der Waals surface area contributed by atoms with E-state index in [-0.39, 0.29) is 24.3 Å². The number of β-amino-alcohol motifs (C(OH)–C–C–N with tert-alkyl or cyclic N) is 1. The van der Waals surface area contributed by atoms with Crippen molar-refractivity contribution in [3.63, 3.8) is 0 Å². The summed E-state index contributed by atoms with van der Waals surface area (Å²) in [6.45, 7) is 5.54. The maximum absolute atomic E-state index is 14.5. The van der Waals surface area contributed by atoms with Crippen LogP contribution in [0.5, 0.6) is 0 Å². The van der Waals surface area contributed by atoms with Crippen molar-refractivity contribution in [2.24, 2.45) is 0 Å². The molecule has 9 heteroatoms. The summed E-state index contributed by atoms with van der Waals surface area (Å²) in [5.74, 6) is -3.45. The number of carbonyl (C=O) groups excluding carboxylic acids is 1. The number of anilines is 2. The van der Waals surface area contributed by atoms with E-state index >= 15 is 0 Å². The minimum atomic E-state index is -1.34. The van der Waals surface area contributed by atoms with Crippen molar-refractivity contribution in [1.29, 1.82) is 0 Å².